The number of Topliss-reactive ketones (excluding diaryl/α,β-unsaturated/α-hetero) is 1. The number of carbonyl (C=O) groups is 1. The lowest BCUT2D eigenvalue weighted by Gasteiger charge is -2.04. The normalized spacial score (nSPS) is 12.6. The smallest absolute Gasteiger partial charge is 0.140 e. The summed E-state index contributed by atoms with van der Waals surface area (Å²) in [5.41, 5.74) is 0. The van der Waals surface area contributed by atoms with Gasteiger partial charge in [0.2, 0.25) is 0 Å². The van der Waals surface area contributed by atoms with Gasteiger partial charge < -0.3 is 0 Å². The van der Waals surface area contributed by atoms with E-state index in [2.05, 4.69) is 25.9 Å². The number of hydrogen-bond donors (Lipinski definition) is 0. The van der Waals surface area contributed by atoms with Gasteiger partial charge in [-0.3, -0.25) is 4.79 Å². The second-order valence-corrected chi connectivity index (χ2v) is 3.51. The molecule has 64 valence electrons. The molecular formula is C8H9BrN2O. The average molecular weight is 229 g/mol. The van der Waals surface area contributed by atoms with E-state index in [0.29, 0.717) is 5.82 Å². The van der Waals surface area contributed by atoms with Crippen molar-refractivity contribution >= 4 is 21.7 Å². The monoisotopic (exact) mass is 228 g/mol. The minimum Gasteiger partial charge on any atom is -0.299 e. The summed E-state index contributed by atoms with van der Waals surface area (Å²) in [6.45, 7) is 3.33. The SMILES string of the molecule is CC(=O)C(C)c1ncc(Br)cn1. The zero-order valence-electron chi connectivity index (χ0n) is 6.91. The van der Waals surface area contributed by atoms with Crippen LogP contribution in [0.4, 0.5) is 0 Å². The Morgan fingerprint density at radius 1 is 1.50 bits per heavy atom. The van der Waals surface area contributed by atoms with Crippen LogP contribution in [-0.2, 0) is 4.79 Å². The third kappa shape index (κ3) is 2.11. The van der Waals surface area contributed by atoms with Gasteiger partial charge >= 0.3 is 0 Å². The molecule has 4 heteroatoms. The molecule has 0 aromatic carbocycles. The zero-order chi connectivity index (χ0) is 9.14. The molecule has 0 aliphatic carbocycles. The summed E-state index contributed by atoms with van der Waals surface area (Å²) in [5, 5.41) is 0. The fourth-order valence-corrected chi connectivity index (χ4v) is 0.932. The van der Waals surface area contributed by atoms with Crippen molar-refractivity contribution in [2.45, 2.75) is 19.8 Å². The highest BCUT2D eigenvalue weighted by Crippen LogP contribution is 2.12. The van der Waals surface area contributed by atoms with Crippen molar-refractivity contribution < 1.29 is 4.79 Å². The second-order valence-electron chi connectivity index (χ2n) is 2.59. The molecule has 0 spiro atoms. The van der Waals surface area contributed by atoms with Crippen molar-refractivity contribution in [3.8, 4) is 0 Å². The lowest BCUT2D eigenvalue weighted by atomic mass is 10.1. The molecule has 1 aromatic rings. The van der Waals surface area contributed by atoms with Gasteiger partial charge in [-0.05, 0) is 29.8 Å². The highest BCUT2D eigenvalue weighted by atomic mass is 79.9. The Hall–Kier alpha value is -0.770. The molecule has 1 aromatic heterocycles. The molecule has 0 fully saturated rings. The Kier molecular flexibility index (Phi) is 2.92. The van der Waals surface area contributed by atoms with E-state index >= 15 is 0 Å². The van der Waals surface area contributed by atoms with Crippen LogP contribution in [0.3, 0.4) is 0 Å². The number of ketones is 1. The van der Waals surface area contributed by atoms with Crippen LogP contribution in [0.25, 0.3) is 0 Å². The van der Waals surface area contributed by atoms with Gasteiger partial charge in [0.15, 0.2) is 0 Å². The average Bonchev–Trinajstić information content (AvgIpc) is 2.04. The summed E-state index contributed by atoms with van der Waals surface area (Å²) in [5.74, 6) is 0.445. The zero-order valence-corrected chi connectivity index (χ0v) is 8.50. The maximum absolute atomic E-state index is 10.9. The topological polar surface area (TPSA) is 42.9 Å². The molecule has 3 nitrogen and oxygen atoms in total. The molecule has 0 aliphatic rings. The first-order valence-corrected chi connectivity index (χ1v) is 4.38. The number of aromatic nitrogens is 2. The maximum atomic E-state index is 10.9. The molecule has 0 bridgehead atoms. The molecule has 1 heterocycles. The maximum Gasteiger partial charge on any atom is 0.140 e. The summed E-state index contributed by atoms with van der Waals surface area (Å²) in [7, 11) is 0. The van der Waals surface area contributed by atoms with Crippen molar-refractivity contribution in [1.82, 2.24) is 9.97 Å². The lowest BCUT2D eigenvalue weighted by molar-refractivity contribution is -0.118. The van der Waals surface area contributed by atoms with Gasteiger partial charge in [0.05, 0.1) is 10.4 Å². The van der Waals surface area contributed by atoms with Gasteiger partial charge in [0, 0.05) is 12.4 Å². The largest absolute Gasteiger partial charge is 0.299 e. The highest BCUT2D eigenvalue weighted by Gasteiger charge is 2.12. The summed E-state index contributed by atoms with van der Waals surface area (Å²) in [6, 6.07) is 0. The Morgan fingerprint density at radius 3 is 2.42 bits per heavy atom. The van der Waals surface area contributed by atoms with E-state index in [-0.39, 0.29) is 11.7 Å². The molecule has 1 atom stereocenters. The van der Waals surface area contributed by atoms with Crippen molar-refractivity contribution in [3.05, 3.63) is 22.7 Å². The Bertz CT molecular complexity index is 284. The summed E-state index contributed by atoms with van der Waals surface area (Å²) >= 11 is 3.22. The molecule has 0 saturated heterocycles. The minimum atomic E-state index is -0.210. The van der Waals surface area contributed by atoms with E-state index in [1.807, 2.05) is 0 Å². The fourth-order valence-electron chi connectivity index (χ4n) is 0.728. The molecule has 0 radical (unpaired) electrons. The summed E-state index contributed by atoms with van der Waals surface area (Å²) < 4.78 is 0.821. The number of carbonyl (C=O) groups excluding carboxylic acids is 1. The van der Waals surface area contributed by atoms with E-state index < -0.39 is 0 Å². The first-order valence-electron chi connectivity index (χ1n) is 3.59. The lowest BCUT2D eigenvalue weighted by Crippen LogP contribution is -2.08. The van der Waals surface area contributed by atoms with Crippen LogP contribution in [0.5, 0.6) is 0 Å². The Balaban J connectivity index is 2.89. The van der Waals surface area contributed by atoms with Gasteiger partial charge in [-0.1, -0.05) is 0 Å². The van der Waals surface area contributed by atoms with Crippen molar-refractivity contribution in [3.63, 3.8) is 0 Å². The van der Waals surface area contributed by atoms with Gasteiger partial charge in [0.25, 0.3) is 0 Å². The molecule has 0 amide bonds. The summed E-state index contributed by atoms with van der Waals surface area (Å²) in [4.78, 5) is 19.0. The summed E-state index contributed by atoms with van der Waals surface area (Å²) in [6.07, 6.45) is 3.28. The fraction of sp³-hybridized carbons (Fsp3) is 0.375. The van der Waals surface area contributed by atoms with Crippen LogP contribution in [0.2, 0.25) is 0 Å². The first kappa shape index (κ1) is 9.32. The van der Waals surface area contributed by atoms with E-state index in [4.69, 9.17) is 0 Å². The number of nitrogens with zero attached hydrogens (tertiary/aromatic N) is 2. The predicted octanol–water partition coefficient (Wildman–Crippen LogP) is 1.93. The second kappa shape index (κ2) is 3.76. The van der Waals surface area contributed by atoms with Crippen molar-refractivity contribution in [2.75, 3.05) is 0 Å². The van der Waals surface area contributed by atoms with E-state index in [0.717, 1.165) is 4.47 Å². The minimum absolute atomic E-state index is 0.0809. The van der Waals surface area contributed by atoms with Gasteiger partial charge in [-0.25, -0.2) is 9.97 Å². The van der Waals surface area contributed by atoms with E-state index in [1.54, 1.807) is 19.3 Å². The number of halogens is 1. The van der Waals surface area contributed by atoms with Crippen LogP contribution >= 0.6 is 15.9 Å². The van der Waals surface area contributed by atoms with E-state index in [1.165, 1.54) is 6.92 Å². The Labute approximate surface area is 79.4 Å². The molecule has 0 saturated carbocycles. The van der Waals surface area contributed by atoms with E-state index in [9.17, 15) is 4.79 Å². The van der Waals surface area contributed by atoms with Gasteiger partial charge in [-0.15, -0.1) is 0 Å². The van der Waals surface area contributed by atoms with Gasteiger partial charge in [-0.2, -0.15) is 0 Å². The van der Waals surface area contributed by atoms with Crippen LogP contribution in [0.1, 0.15) is 25.6 Å². The quantitative estimate of drug-likeness (QED) is 0.778. The van der Waals surface area contributed by atoms with Crippen molar-refractivity contribution in [2.24, 2.45) is 0 Å². The number of rotatable bonds is 2. The highest BCUT2D eigenvalue weighted by molar-refractivity contribution is 9.10. The standard InChI is InChI=1S/C8H9BrN2O/c1-5(6(2)12)8-10-3-7(9)4-11-8/h3-5H,1-2H3. The molecule has 0 N–H and O–H groups in total. The molecule has 1 unspecified atom stereocenters. The molecular weight excluding hydrogens is 220 g/mol. The molecule has 1 rings (SSSR count). The third-order valence-electron chi connectivity index (χ3n) is 1.64. The van der Waals surface area contributed by atoms with Crippen LogP contribution < -0.4 is 0 Å². The number of hydrogen-bond acceptors (Lipinski definition) is 3. The molecule has 12 heavy (non-hydrogen) atoms. The van der Waals surface area contributed by atoms with Crippen LogP contribution in [-0.4, -0.2) is 15.8 Å². The first-order chi connectivity index (χ1) is 5.61. The Morgan fingerprint density at radius 2 is 2.00 bits per heavy atom. The van der Waals surface area contributed by atoms with Crippen molar-refractivity contribution in [1.29, 1.82) is 0 Å². The van der Waals surface area contributed by atoms with Crippen LogP contribution in [0, 0.1) is 0 Å². The molecule has 0 aliphatic heterocycles. The predicted molar refractivity (Wildman–Crippen MR) is 48.8 cm³/mol. The van der Waals surface area contributed by atoms with Gasteiger partial charge in [0.1, 0.15) is 11.6 Å². The third-order valence-corrected chi connectivity index (χ3v) is 2.05. The van der Waals surface area contributed by atoms with Crippen LogP contribution in [0.15, 0.2) is 16.9 Å².